The van der Waals surface area contributed by atoms with Gasteiger partial charge in [-0.1, -0.05) is 0 Å². The van der Waals surface area contributed by atoms with E-state index >= 15 is 0 Å². The number of nitrogens with zero attached hydrogens (tertiary/aromatic N) is 6. The second kappa shape index (κ2) is 10.9. The predicted molar refractivity (Wildman–Crippen MR) is 131 cm³/mol. The van der Waals surface area contributed by atoms with Crippen LogP contribution in [0.4, 0.5) is 5.95 Å². The summed E-state index contributed by atoms with van der Waals surface area (Å²) in [5, 5.41) is 9.62. The van der Waals surface area contributed by atoms with Crippen molar-refractivity contribution < 1.29 is 9.47 Å². The molecule has 4 N–H and O–H groups in total. The third kappa shape index (κ3) is 5.24. The van der Waals surface area contributed by atoms with E-state index in [1.807, 2.05) is 30.6 Å². The van der Waals surface area contributed by atoms with Gasteiger partial charge in [-0.3, -0.25) is 10.3 Å². The number of aromatic nitrogens is 4. The number of imidazole rings is 1. The fourth-order valence-electron chi connectivity index (χ4n) is 4.02. The van der Waals surface area contributed by atoms with E-state index in [0.717, 1.165) is 86.2 Å². The summed E-state index contributed by atoms with van der Waals surface area (Å²) in [6.45, 7) is 8.88. The van der Waals surface area contributed by atoms with E-state index in [1.165, 1.54) is 0 Å². The molecule has 11 nitrogen and oxygen atoms in total. The molecule has 2 aliphatic heterocycles. The summed E-state index contributed by atoms with van der Waals surface area (Å²) >= 11 is 0. The molecule has 2 aliphatic rings. The van der Waals surface area contributed by atoms with Crippen LogP contribution in [0.5, 0.6) is 5.75 Å². The zero-order valence-corrected chi connectivity index (χ0v) is 19.3. The van der Waals surface area contributed by atoms with Gasteiger partial charge in [0.2, 0.25) is 5.95 Å². The van der Waals surface area contributed by atoms with Crippen molar-refractivity contribution in [3.8, 4) is 23.6 Å². The summed E-state index contributed by atoms with van der Waals surface area (Å²) in [6.07, 6.45) is 5.09. The topological polar surface area (TPSA) is 132 Å². The lowest BCUT2D eigenvalue weighted by Gasteiger charge is -2.28. The van der Waals surface area contributed by atoms with Crippen LogP contribution in [0.1, 0.15) is 25.5 Å². The van der Waals surface area contributed by atoms with Crippen molar-refractivity contribution in [3.05, 3.63) is 35.4 Å². The first kappa shape index (κ1) is 23.4. The maximum absolute atomic E-state index is 6.23. The quantitative estimate of drug-likeness (QED) is 0.396. The second-order valence-corrected chi connectivity index (χ2v) is 8.00. The van der Waals surface area contributed by atoms with E-state index in [0.29, 0.717) is 0 Å². The van der Waals surface area contributed by atoms with Crippen molar-refractivity contribution in [2.45, 2.75) is 25.5 Å². The van der Waals surface area contributed by atoms with E-state index in [-0.39, 0.29) is 12.2 Å². The van der Waals surface area contributed by atoms with Crippen LogP contribution in [-0.2, 0) is 4.74 Å². The van der Waals surface area contributed by atoms with Gasteiger partial charge in [0.05, 0.1) is 20.0 Å². The lowest BCUT2D eigenvalue weighted by atomic mass is 10.1. The molecule has 3 aromatic rings. The largest absolute Gasteiger partial charge is 0.497 e. The third-order valence-electron chi connectivity index (χ3n) is 5.78. The van der Waals surface area contributed by atoms with Crippen LogP contribution < -0.4 is 20.7 Å². The smallest absolute Gasteiger partial charge is 0.478 e. The molecule has 34 heavy (non-hydrogen) atoms. The van der Waals surface area contributed by atoms with Crippen molar-refractivity contribution in [3.63, 3.8) is 0 Å². The number of nitrogens with two attached hydrogens (primary N) is 1. The minimum absolute atomic E-state index is 0.0109. The second-order valence-electron chi connectivity index (χ2n) is 8.00. The van der Waals surface area contributed by atoms with Crippen LogP contribution in [0.3, 0.4) is 0 Å². The number of benzene rings is 1. The first-order valence-electron chi connectivity index (χ1n) is 11.3. The average molecular weight is 465 g/mol. The third-order valence-corrected chi connectivity index (χ3v) is 5.78. The van der Waals surface area contributed by atoms with Gasteiger partial charge in [-0.15, -0.1) is 5.41 Å². The lowest BCUT2D eigenvalue weighted by molar-refractivity contribution is -0.0298. The van der Waals surface area contributed by atoms with Crippen LogP contribution in [0.2, 0.25) is 0 Å². The Bertz CT molecular complexity index is 1160. The van der Waals surface area contributed by atoms with Gasteiger partial charge in [0, 0.05) is 38.3 Å². The Morgan fingerprint density at radius 1 is 1.24 bits per heavy atom. The molecule has 2 saturated heterocycles. The van der Waals surface area contributed by atoms with E-state index in [2.05, 4.69) is 31.9 Å². The fourth-order valence-corrected chi connectivity index (χ4v) is 4.02. The molecule has 1 atom stereocenters. The number of guanidine groups is 1. The van der Waals surface area contributed by atoms with Crippen molar-refractivity contribution in [2.75, 3.05) is 44.8 Å². The van der Waals surface area contributed by atoms with Crippen LogP contribution in [-0.4, -0.2) is 65.4 Å². The molecule has 2 aromatic heterocycles. The summed E-state index contributed by atoms with van der Waals surface area (Å²) in [5.41, 5.74) is 8.08. The molecule has 4 heterocycles. The van der Waals surface area contributed by atoms with Crippen LogP contribution in [0, 0.1) is 12.0 Å². The Hall–Kier alpha value is -3.75. The summed E-state index contributed by atoms with van der Waals surface area (Å²) < 4.78 is 13.4. The van der Waals surface area contributed by atoms with Gasteiger partial charge in [0.25, 0.3) is 0 Å². The van der Waals surface area contributed by atoms with Crippen molar-refractivity contribution in [1.82, 2.24) is 24.8 Å². The fraction of sp³-hybridized carbons (Fsp3) is 0.435. The van der Waals surface area contributed by atoms with Crippen molar-refractivity contribution >= 4 is 23.1 Å². The highest BCUT2D eigenvalue weighted by molar-refractivity contribution is 5.88. The molecule has 0 spiro atoms. The molecule has 0 amide bonds. The summed E-state index contributed by atoms with van der Waals surface area (Å²) in [7, 11) is 1.67. The van der Waals surface area contributed by atoms with E-state index < -0.39 is 0 Å². The molecule has 1 unspecified atom stereocenters. The summed E-state index contributed by atoms with van der Waals surface area (Å²) in [4.78, 5) is 19.6. The molecule has 0 saturated carbocycles. The lowest BCUT2D eigenvalue weighted by Crippen LogP contribution is -2.44. The van der Waals surface area contributed by atoms with Gasteiger partial charge < -0.3 is 19.7 Å². The Kier molecular flexibility index (Phi) is 7.51. The van der Waals surface area contributed by atoms with Crippen molar-refractivity contribution in [2.24, 2.45) is 5.73 Å². The Balaban J connectivity index is 0.000000499. The zero-order chi connectivity index (χ0) is 23.9. The van der Waals surface area contributed by atoms with E-state index in [4.69, 9.17) is 29.8 Å². The van der Waals surface area contributed by atoms with E-state index in [9.17, 15) is 0 Å². The monoisotopic (exact) mass is 464 g/mol. The number of rotatable bonds is 4. The summed E-state index contributed by atoms with van der Waals surface area (Å²) in [6, 6.07) is 7.96. The average Bonchev–Trinajstić information content (AvgIpc) is 3.34. The normalized spacial score (nSPS) is 18.0. The molecule has 178 valence electrons. The van der Waals surface area contributed by atoms with Gasteiger partial charge in [-0.25, -0.2) is 9.97 Å². The Labute approximate surface area is 198 Å². The van der Waals surface area contributed by atoms with Gasteiger partial charge in [-0.05, 0) is 43.5 Å². The molecule has 1 aromatic carbocycles. The molecular formula is C23H30N9O2+. The molecule has 11 heteroatoms. The SMILES string of the molecule is C#[N+]C(=N)N.COc1ccc(-c2nc(N3CCNCC3)nc3c2ncn3C2CCCCO2)cc1. The van der Waals surface area contributed by atoms with Crippen LogP contribution in [0.15, 0.2) is 30.6 Å². The number of hydrogen-bond donors (Lipinski definition) is 3. The number of ether oxygens (including phenoxy) is 2. The number of piperazine rings is 1. The molecule has 5 rings (SSSR count). The number of anilines is 1. The van der Waals surface area contributed by atoms with E-state index in [1.54, 1.807) is 7.11 Å². The first-order valence-corrected chi connectivity index (χ1v) is 11.3. The standard InChI is InChI=1S/C21H26N6O2.C2H4N3/c1-28-16-7-5-15(6-8-16)18-19-20(25-21(24-18)26-11-9-22-10-12-26)27(14-23-19)17-4-2-3-13-29-17;1-5-2(3)4/h5-8,14,17,22H,2-4,9-13H2,1H3;1H,(H3,3,4)/q;+1. The molecule has 0 bridgehead atoms. The van der Waals surface area contributed by atoms with Crippen molar-refractivity contribution in [1.29, 1.82) is 5.41 Å². The van der Waals surface area contributed by atoms with Gasteiger partial charge in [0.15, 0.2) is 5.65 Å². The first-order chi connectivity index (χ1) is 16.6. The highest BCUT2D eigenvalue weighted by Gasteiger charge is 2.23. The zero-order valence-electron chi connectivity index (χ0n) is 19.3. The molecule has 0 radical (unpaired) electrons. The van der Waals surface area contributed by atoms with Gasteiger partial charge >= 0.3 is 5.96 Å². The molecule has 2 fully saturated rings. The maximum Gasteiger partial charge on any atom is 0.478 e. The van der Waals surface area contributed by atoms with Crippen LogP contribution in [0.25, 0.3) is 27.3 Å². The highest BCUT2D eigenvalue weighted by atomic mass is 16.5. The molecular weight excluding hydrogens is 434 g/mol. The number of methoxy groups -OCH3 is 1. The highest BCUT2D eigenvalue weighted by Crippen LogP contribution is 2.32. The minimum Gasteiger partial charge on any atom is -0.497 e. The number of fused-ring (bicyclic) bond motifs is 1. The number of nitrogens with one attached hydrogen (secondary N) is 2. The number of hydrogen-bond acceptors (Lipinski definition) is 8. The maximum atomic E-state index is 6.23. The molecule has 0 aliphatic carbocycles. The minimum atomic E-state index is -0.343. The van der Waals surface area contributed by atoms with Gasteiger partial charge in [-0.2, -0.15) is 9.83 Å². The summed E-state index contributed by atoms with van der Waals surface area (Å²) in [5.74, 6) is 1.23. The van der Waals surface area contributed by atoms with Gasteiger partial charge in [0.1, 0.15) is 23.2 Å². The Morgan fingerprint density at radius 3 is 2.59 bits per heavy atom. The Morgan fingerprint density at radius 2 is 1.97 bits per heavy atom. The van der Waals surface area contributed by atoms with Crippen LogP contribution >= 0.6 is 0 Å². The predicted octanol–water partition coefficient (Wildman–Crippen LogP) is 2.45.